The molecule has 0 saturated heterocycles. The van der Waals surface area contributed by atoms with Gasteiger partial charge in [0.1, 0.15) is 11.4 Å². The second kappa shape index (κ2) is 8.05. The number of carbonyl (C=O) groups is 2. The van der Waals surface area contributed by atoms with Crippen molar-refractivity contribution in [1.29, 1.82) is 0 Å². The molecule has 1 aliphatic rings. The molecule has 5 nitrogen and oxygen atoms in total. The van der Waals surface area contributed by atoms with Gasteiger partial charge in [-0.15, -0.1) is 0 Å². The lowest BCUT2D eigenvalue weighted by atomic mass is 10.0. The summed E-state index contributed by atoms with van der Waals surface area (Å²) in [6.07, 6.45) is 0. The normalized spacial score (nSPS) is 13.8. The third kappa shape index (κ3) is 3.67. The van der Waals surface area contributed by atoms with Crippen LogP contribution in [0.5, 0.6) is 5.75 Å². The van der Waals surface area contributed by atoms with E-state index in [0.717, 1.165) is 16.2 Å². The third-order valence-corrected chi connectivity index (χ3v) is 5.05. The zero-order chi connectivity index (χ0) is 21.3. The topological polar surface area (TPSA) is 58.6 Å². The van der Waals surface area contributed by atoms with Crippen LogP contribution >= 0.6 is 11.6 Å². The number of nitrogens with one attached hydrogen (secondary N) is 1. The van der Waals surface area contributed by atoms with Crippen molar-refractivity contribution < 1.29 is 14.3 Å². The Morgan fingerprint density at radius 2 is 1.63 bits per heavy atom. The molecule has 0 aromatic heterocycles. The molecule has 0 saturated carbocycles. The number of methoxy groups -OCH3 is 1. The molecule has 30 heavy (non-hydrogen) atoms. The van der Waals surface area contributed by atoms with E-state index >= 15 is 0 Å². The van der Waals surface area contributed by atoms with E-state index in [1.54, 1.807) is 55.6 Å². The van der Waals surface area contributed by atoms with E-state index in [9.17, 15) is 9.59 Å². The van der Waals surface area contributed by atoms with Crippen LogP contribution < -0.4 is 15.0 Å². The first-order valence-corrected chi connectivity index (χ1v) is 9.72. The molecule has 0 radical (unpaired) electrons. The Labute approximate surface area is 179 Å². The number of nitrogens with zero attached hydrogens (tertiary/aromatic N) is 1. The molecule has 150 valence electrons. The highest BCUT2D eigenvalue weighted by molar-refractivity contribution is 6.46. The van der Waals surface area contributed by atoms with E-state index < -0.39 is 11.8 Å². The Kier molecular flexibility index (Phi) is 5.29. The number of aryl methyl sites for hydroxylation is 1. The Bertz CT molecular complexity index is 1170. The van der Waals surface area contributed by atoms with E-state index in [1.807, 2.05) is 31.2 Å². The Hall–Kier alpha value is -3.57. The number of hydrogen-bond acceptors (Lipinski definition) is 4. The number of amides is 2. The average Bonchev–Trinajstić information content (AvgIpc) is 2.97. The monoisotopic (exact) mass is 418 g/mol. The van der Waals surface area contributed by atoms with Crippen LogP contribution in [0.15, 0.2) is 78.5 Å². The molecule has 6 heteroatoms. The maximum absolute atomic E-state index is 13.4. The molecule has 4 rings (SSSR count). The van der Waals surface area contributed by atoms with E-state index in [4.69, 9.17) is 16.3 Å². The molecule has 3 aromatic rings. The number of hydrogen-bond donors (Lipinski definition) is 1. The van der Waals surface area contributed by atoms with Crippen LogP contribution in [0.2, 0.25) is 5.02 Å². The number of rotatable bonds is 5. The van der Waals surface area contributed by atoms with Gasteiger partial charge < -0.3 is 10.1 Å². The van der Waals surface area contributed by atoms with E-state index in [1.165, 1.54) is 0 Å². The van der Waals surface area contributed by atoms with Crippen molar-refractivity contribution >= 4 is 40.4 Å². The van der Waals surface area contributed by atoms with Crippen LogP contribution in [0.3, 0.4) is 0 Å². The number of anilines is 2. The van der Waals surface area contributed by atoms with Gasteiger partial charge in [-0.05, 0) is 60.5 Å². The molecule has 0 bridgehead atoms. The van der Waals surface area contributed by atoms with Crippen LogP contribution in [0.4, 0.5) is 11.4 Å². The van der Waals surface area contributed by atoms with Crippen molar-refractivity contribution in [2.24, 2.45) is 0 Å². The SMILES string of the molecule is COc1ccc(C2=C(Nc3cccc(C)c3)C(=O)N(c3cccc(Cl)c3)C2=O)cc1. The second-order valence-electron chi connectivity index (χ2n) is 6.90. The molecular weight excluding hydrogens is 400 g/mol. The standard InChI is InChI=1S/C24H19ClN2O3/c1-15-5-3-7-18(13-15)26-22-21(16-9-11-20(30-2)12-10-16)23(28)27(24(22)29)19-8-4-6-17(25)14-19/h3-14,26H,1-2H3. The summed E-state index contributed by atoms with van der Waals surface area (Å²) >= 11 is 6.10. The highest BCUT2D eigenvalue weighted by Gasteiger charge is 2.40. The van der Waals surface area contributed by atoms with Gasteiger partial charge in [0.15, 0.2) is 0 Å². The Morgan fingerprint density at radius 3 is 2.30 bits per heavy atom. The van der Waals surface area contributed by atoms with Crippen LogP contribution in [-0.2, 0) is 9.59 Å². The van der Waals surface area contributed by atoms with Crippen LogP contribution in [0, 0.1) is 6.92 Å². The summed E-state index contributed by atoms with van der Waals surface area (Å²) in [5.74, 6) is -0.187. The molecule has 0 atom stereocenters. The van der Waals surface area contributed by atoms with E-state index in [0.29, 0.717) is 27.6 Å². The zero-order valence-corrected chi connectivity index (χ0v) is 17.2. The summed E-state index contributed by atoms with van der Waals surface area (Å²) in [7, 11) is 1.57. The van der Waals surface area contributed by atoms with Gasteiger partial charge in [0, 0.05) is 10.7 Å². The summed E-state index contributed by atoms with van der Waals surface area (Å²) in [6, 6.07) is 21.3. The first kappa shape index (κ1) is 19.7. The first-order chi connectivity index (χ1) is 14.5. The molecule has 0 fully saturated rings. The fourth-order valence-electron chi connectivity index (χ4n) is 3.39. The summed E-state index contributed by atoms with van der Waals surface area (Å²) in [4.78, 5) is 27.9. The number of carbonyl (C=O) groups excluding carboxylic acids is 2. The van der Waals surface area contributed by atoms with Gasteiger partial charge in [-0.25, -0.2) is 4.90 Å². The maximum Gasteiger partial charge on any atom is 0.282 e. The molecule has 1 N–H and O–H groups in total. The van der Waals surface area contributed by atoms with Crippen molar-refractivity contribution in [2.45, 2.75) is 6.92 Å². The predicted molar refractivity (Wildman–Crippen MR) is 119 cm³/mol. The lowest BCUT2D eigenvalue weighted by Gasteiger charge is -2.15. The molecule has 3 aromatic carbocycles. The van der Waals surface area contributed by atoms with Gasteiger partial charge in [0.2, 0.25) is 0 Å². The summed E-state index contributed by atoms with van der Waals surface area (Å²) in [5, 5.41) is 3.60. The molecule has 1 aliphatic heterocycles. The van der Waals surface area contributed by atoms with Crippen molar-refractivity contribution in [3.05, 3.63) is 94.6 Å². The van der Waals surface area contributed by atoms with Crippen molar-refractivity contribution in [3.63, 3.8) is 0 Å². The third-order valence-electron chi connectivity index (χ3n) is 4.82. The van der Waals surface area contributed by atoms with Gasteiger partial charge in [0.05, 0.1) is 18.4 Å². The Balaban J connectivity index is 1.82. The molecule has 1 heterocycles. The highest BCUT2D eigenvalue weighted by atomic mass is 35.5. The quantitative estimate of drug-likeness (QED) is 0.589. The number of ether oxygens (including phenoxy) is 1. The van der Waals surface area contributed by atoms with Crippen LogP contribution in [-0.4, -0.2) is 18.9 Å². The lowest BCUT2D eigenvalue weighted by molar-refractivity contribution is -0.120. The number of imide groups is 1. The van der Waals surface area contributed by atoms with E-state index in [2.05, 4.69) is 5.32 Å². The first-order valence-electron chi connectivity index (χ1n) is 9.34. The molecule has 2 amide bonds. The van der Waals surface area contributed by atoms with Crippen LogP contribution in [0.25, 0.3) is 5.57 Å². The number of benzene rings is 3. The van der Waals surface area contributed by atoms with Crippen LogP contribution in [0.1, 0.15) is 11.1 Å². The Morgan fingerprint density at radius 1 is 0.900 bits per heavy atom. The van der Waals surface area contributed by atoms with Gasteiger partial charge in [-0.2, -0.15) is 0 Å². The smallest absolute Gasteiger partial charge is 0.282 e. The van der Waals surface area contributed by atoms with Crippen molar-refractivity contribution in [2.75, 3.05) is 17.3 Å². The fraction of sp³-hybridized carbons (Fsp3) is 0.0833. The zero-order valence-electron chi connectivity index (χ0n) is 16.5. The summed E-state index contributed by atoms with van der Waals surface area (Å²) in [6.45, 7) is 1.96. The maximum atomic E-state index is 13.4. The minimum atomic E-state index is -0.436. The average molecular weight is 419 g/mol. The minimum Gasteiger partial charge on any atom is -0.497 e. The summed E-state index contributed by atoms with van der Waals surface area (Å²) < 4.78 is 5.21. The lowest BCUT2D eigenvalue weighted by Crippen LogP contribution is -2.32. The van der Waals surface area contributed by atoms with Gasteiger partial charge in [-0.1, -0.05) is 41.9 Å². The highest BCUT2D eigenvalue weighted by Crippen LogP contribution is 2.35. The van der Waals surface area contributed by atoms with Gasteiger partial charge >= 0.3 is 0 Å². The van der Waals surface area contributed by atoms with Crippen molar-refractivity contribution in [3.8, 4) is 5.75 Å². The molecular formula is C24H19ClN2O3. The summed E-state index contributed by atoms with van der Waals surface area (Å²) in [5.41, 5.74) is 3.32. The van der Waals surface area contributed by atoms with Crippen molar-refractivity contribution in [1.82, 2.24) is 0 Å². The largest absolute Gasteiger partial charge is 0.497 e. The van der Waals surface area contributed by atoms with Gasteiger partial charge in [0.25, 0.3) is 11.8 Å². The fourth-order valence-corrected chi connectivity index (χ4v) is 3.57. The van der Waals surface area contributed by atoms with E-state index in [-0.39, 0.29) is 5.70 Å². The molecule has 0 unspecified atom stereocenters. The number of halogens is 1. The predicted octanol–water partition coefficient (Wildman–Crippen LogP) is 5.05. The second-order valence-corrected chi connectivity index (χ2v) is 7.34. The molecule has 0 spiro atoms. The van der Waals surface area contributed by atoms with Gasteiger partial charge in [-0.3, -0.25) is 9.59 Å². The minimum absolute atomic E-state index is 0.218. The molecule has 0 aliphatic carbocycles.